The maximum Gasteiger partial charge on any atom is 0.242 e. The first kappa shape index (κ1) is 33.0. The quantitative estimate of drug-likeness (QED) is 0.325. The third-order valence-electron chi connectivity index (χ3n) is 8.05. The molecule has 44 heavy (non-hydrogen) atoms. The van der Waals surface area contributed by atoms with Crippen LogP contribution in [0.1, 0.15) is 49.8 Å². The number of ether oxygens (including phenoxy) is 3. The number of rotatable bonds is 12. The molecule has 0 unspecified atom stereocenters. The number of carbonyl (C=O) groups is 3. The zero-order valence-corrected chi connectivity index (χ0v) is 26.9. The van der Waals surface area contributed by atoms with Crippen LogP contribution in [0, 0.1) is 0 Å². The van der Waals surface area contributed by atoms with Crippen molar-refractivity contribution >= 4 is 35.2 Å². The van der Waals surface area contributed by atoms with Gasteiger partial charge in [-0.1, -0.05) is 6.07 Å². The minimum atomic E-state index is -0.735. The molecule has 0 aromatic heterocycles. The lowest BCUT2D eigenvalue weighted by molar-refractivity contribution is -0.132. The van der Waals surface area contributed by atoms with E-state index in [1.165, 1.54) is 20.1 Å². The summed E-state index contributed by atoms with van der Waals surface area (Å²) >= 11 is 1.59. The first-order chi connectivity index (χ1) is 21.2. The van der Waals surface area contributed by atoms with E-state index in [0.717, 1.165) is 24.0 Å². The number of thioether (sulfide) groups is 1. The van der Waals surface area contributed by atoms with E-state index in [1.54, 1.807) is 36.9 Å². The number of carbonyl (C=O) groups excluding carboxylic acids is 3. The Morgan fingerprint density at radius 1 is 1.05 bits per heavy atom. The Labute approximate surface area is 262 Å². The Hall–Kier alpha value is -3.93. The number of benzene rings is 1. The van der Waals surface area contributed by atoms with Crippen LogP contribution in [-0.4, -0.2) is 81.6 Å². The van der Waals surface area contributed by atoms with Crippen molar-refractivity contribution in [1.82, 2.24) is 15.5 Å². The molecule has 2 aliphatic rings. The predicted octanol–water partition coefficient (Wildman–Crippen LogP) is 3.14. The van der Waals surface area contributed by atoms with Crippen molar-refractivity contribution in [3.05, 3.63) is 45.6 Å². The molecule has 2 aromatic carbocycles. The number of nitrogens with zero attached hydrogens (tertiary/aromatic N) is 1. The molecule has 4 rings (SSSR count). The van der Waals surface area contributed by atoms with Gasteiger partial charge >= 0.3 is 0 Å². The second kappa shape index (κ2) is 15.2. The fourth-order valence-corrected chi connectivity index (χ4v) is 6.35. The molecule has 12 heteroatoms. The lowest BCUT2D eigenvalue weighted by Gasteiger charge is -2.20. The SMILES string of the molecule is COc1cc2c(c(OC)c1OC)-c1ccc(N[C@@H](CCSC)C(=O)NCC(=O)N3CCCC3)c(=O)cc1[C@@H](NC(C)=O)CC2. The number of likely N-dealkylation sites (tertiary alicyclic amines) is 1. The van der Waals surface area contributed by atoms with Crippen LogP contribution in [-0.2, 0) is 20.8 Å². The van der Waals surface area contributed by atoms with Crippen molar-refractivity contribution in [2.45, 2.75) is 51.1 Å². The first-order valence-electron chi connectivity index (χ1n) is 14.8. The van der Waals surface area contributed by atoms with Crippen molar-refractivity contribution in [3.63, 3.8) is 0 Å². The summed E-state index contributed by atoms with van der Waals surface area (Å²) in [5.74, 6) is 1.39. The number of hydrogen-bond acceptors (Lipinski definition) is 9. The molecule has 11 nitrogen and oxygen atoms in total. The highest BCUT2D eigenvalue weighted by Gasteiger charge is 2.30. The summed E-state index contributed by atoms with van der Waals surface area (Å²) in [5.41, 5.74) is 2.88. The molecule has 238 valence electrons. The normalized spacial score (nSPS) is 16.1. The van der Waals surface area contributed by atoms with E-state index >= 15 is 0 Å². The standard InChI is InChI=1S/C32H42N4O7S/c1-19(37)34-23-10-8-20-16-27(41-2)30(42-3)31(43-4)29(20)21-9-11-24(26(38)17-22(21)23)35-25(12-15-44-5)32(40)33-18-28(39)36-13-6-7-14-36/h9,11,16-17,23,25H,6-8,10,12-15,18H2,1-5H3,(H,33,40)(H,34,37)(H,35,38)/t23-,25-/m0/s1. The van der Waals surface area contributed by atoms with Crippen LogP contribution in [0.4, 0.5) is 5.69 Å². The van der Waals surface area contributed by atoms with Gasteiger partial charge in [0.15, 0.2) is 11.5 Å². The van der Waals surface area contributed by atoms with Gasteiger partial charge in [-0.05, 0) is 79.0 Å². The van der Waals surface area contributed by atoms with Crippen LogP contribution < -0.4 is 35.6 Å². The summed E-state index contributed by atoms with van der Waals surface area (Å²) < 4.78 is 17.1. The van der Waals surface area contributed by atoms with E-state index in [4.69, 9.17) is 14.2 Å². The van der Waals surface area contributed by atoms with Gasteiger partial charge in [-0.15, -0.1) is 0 Å². The number of fused-ring (bicyclic) bond motifs is 3. The topological polar surface area (TPSA) is 135 Å². The van der Waals surface area contributed by atoms with Gasteiger partial charge in [0.05, 0.1) is 39.6 Å². The smallest absolute Gasteiger partial charge is 0.242 e. The molecule has 0 spiro atoms. The van der Waals surface area contributed by atoms with Crippen molar-refractivity contribution < 1.29 is 28.6 Å². The summed E-state index contributed by atoms with van der Waals surface area (Å²) in [6, 6.07) is 5.70. The molecule has 0 bridgehead atoms. The second-order valence-corrected chi connectivity index (χ2v) is 11.9. The summed E-state index contributed by atoms with van der Waals surface area (Å²) in [4.78, 5) is 53.6. The molecule has 2 atom stereocenters. The van der Waals surface area contributed by atoms with Crippen molar-refractivity contribution in [1.29, 1.82) is 0 Å². The Morgan fingerprint density at radius 2 is 1.77 bits per heavy atom. The number of hydrogen-bond donors (Lipinski definition) is 3. The lowest BCUT2D eigenvalue weighted by atomic mass is 9.95. The Kier molecular flexibility index (Phi) is 11.4. The molecule has 0 saturated carbocycles. The highest BCUT2D eigenvalue weighted by atomic mass is 32.2. The van der Waals surface area contributed by atoms with Crippen LogP contribution in [0.5, 0.6) is 17.2 Å². The summed E-state index contributed by atoms with van der Waals surface area (Å²) in [5, 5.41) is 8.92. The summed E-state index contributed by atoms with van der Waals surface area (Å²) in [7, 11) is 4.64. The molecule has 1 fully saturated rings. The van der Waals surface area contributed by atoms with Gasteiger partial charge in [0.1, 0.15) is 6.04 Å². The van der Waals surface area contributed by atoms with E-state index < -0.39 is 12.1 Å². The number of nitrogens with one attached hydrogen (secondary N) is 3. The average Bonchev–Trinajstić information content (AvgIpc) is 3.46. The maximum absolute atomic E-state index is 13.7. The van der Waals surface area contributed by atoms with Gasteiger partial charge in [0, 0.05) is 25.6 Å². The van der Waals surface area contributed by atoms with Crippen molar-refractivity contribution in [2.24, 2.45) is 0 Å². The molecule has 3 amide bonds. The van der Waals surface area contributed by atoms with E-state index in [2.05, 4.69) is 16.0 Å². The maximum atomic E-state index is 13.7. The minimum Gasteiger partial charge on any atom is -0.493 e. The van der Waals surface area contributed by atoms with Gasteiger partial charge in [0.25, 0.3) is 0 Å². The number of methoxy groups -OCH3 is 3. The van der Waals surface area contributed by atoms with E-state index in [0.29, 0.717) is 66.5 Å². The third kappa shape index (κ3) is 7.40. The second-order valence-electron chi connectivity index (χ2n) is 10.9. The molecular formula is C32H42N4O7S. The Balaban J connectivity index is 1.75. The van der Waals surface area contributed by atoms with E-state index in [-0.39, 0.29) is 35.4 Å². The highest BCUT2D eigenvalue weighted by molar-refractivity contribution is 7.98. The lowest BCUT2D eigenvalue weighted by Crippen LogP contribution is -2.45. The zero-order chi connectivity index (χ0) is 31.8. The highest BCUT2D eigenvalue weighted by Crippen LogP contribution is 2.50. The largest absolute Gasteiger partial charge is 0.493 e. The van der Waals surface area contributed by atoms with Crippen LogP contribution >= 0.6 is 11.8 Å². The number of amides is 3. The molecule has 3 N–H and O–H groups in total. The van der Waals surface area contributed by atoms with Crippen LogP contribution in [0.3, 0.4) is 0 Å². The van der Waals surface area contributed by atoms with E-state index in [9.17, 15) is 19.2 Å². The third-order valence-corrected chi connectivity index (χ3v) is 8.69. The van der Waals surface area contributed by atoms with Crippen molar-refractivity contribution in [3.8, 4) is 28.4 Å². The first-order valence-corrected chi connectivity index (χ1v) is 16.2. The number of aryl methyl sites for hydroxylation is 1. The van der Waals surface area contributed by atoms with Gasteiger partial charge < -0.3 is 35.1 Å². The van der Waals surface area contributed by atoms with Gasteiger partial charge in [-0.2, -0.15) is 11.8 Å². The number of anilines is 1. The Morgan fingerprint density at radius 3 is 2.41 bits per heavy atom. The summed E-state index contributed by atoms with van der Waals surface area (Å²) in [6.07, 6.45) is 5.46. The minimum absolute atomic E-state index is 0.0857. The monoisotopic (exact) mass is 626 g/mol. The molecule has 1 aliphatic heterocycles. The average molecular weight is 627 g/mol. The molecule has 1 aliphatic carbocycles. The fourth-order valence-electron chi connectivity index (χ4n) is 5.88. The molecule has 1 saturated heterocycles. The van der Waals surface area contributed by atoms with Crippen LogP contribution in [0.2, 0.25) is 0 Å². The van der Waals surface area contributed by atoms with Gasteiger partial charge in [0.2, 0.25) is 28.9 Å². The zero-order valence-electron chi connectivity index (χ0n) is 26.0. The molecule has 0 radical (unpaired) electrons. The Bertz CT molecular complexity index is 1440. The molecule has 2 aromatic rings. The van der Waals surface area contributed by atoms with Gasteiger partial charge in [-0.3, -0.25) is 19.2 Å². The van der Waals surface area contributed by atoms with E-state index in [1.807, 2.05) is 18.4 Å². The fraction of sp³-hybridized carbons (Fsp3) is 0.500. The van der Waals surface area contributed by atoms with Crippen molar-refractivity contribution in [2.75, 3.05) is 58.3 Å². The van der Waals surface area contributed by atoms with Crippen LogP contribution in [0.25, 0.3) is 11.1 Å². The summed E-state index contributed by atoms with van der Waals surface area (Å²) in [6.45, 7) is 2.78. The molecular weight excluding hydrogens is 584 g/mol. The van der Waals surface area contributed by atoms with Crippen LogP contribution in [0.15, 0.2) is 29.1 Å². The molecule has 1 heterocycles. The van der Waals surface area contributed by atoms with Gasteiger partial charge in [-0.25, -0.2) is 0 Å². The predicted molar refractivity (Wildman–Crippen MR) is 172 cm³/mol.